The Morgan fingerprint density at radius 2 is 2.10 bits per heavy atom. The standard InChI is InChI=1S/C19H22N4O3S3/c1-19(16(25)23(17(26)21-19)9-12-5-8-28-10-12)13-3-6-22(7-4-13)15(24)14-11-29-18(20-14)27-2/h5,8,10-11,13H,3-4,6-7,9H2,1-2H3,(H,21,26)/t19-/m0/s1. The van der Waals surface area contributed by atoms with Gasteiger partial charge in [-0.1, -0.05) is 11.8 Å². The zero-order valence-corrected chi connectivity index (χ0v) is 18.7. The molecular weight excluding hydrogens is 428 g/mol. The predicted octanol–water partition coefficient (Wildman–Crippen LogP) is 3.29. The van der Waals surface area contributed by atoms with Crippen LogP contribution in [0.15, 0.2) is 26.5 Å². The molecule has 0 aliphatic carbocycles. The van der Waals surface area contributed by atoms with E-state index in [0.717, 1.165) is 9.90 Å². The van der Waals surface area contributed by atoms with Crippen LogP contribution >= 0.6 is 34.4 Å². The lowest BCUT2D eigenvalue weighted by Crippen LogP contribution is -2.54. The van der Waals surface area contributed by atoms with Gasteiger partial charge in [-0.15, -0.1) is 11.3 Å². The molecule has 0 saturated carbocycles. The Balaban J connectivity index is 1.40. The van der Waals surface area contributed by atoms with Crippen molar-refractivity contribution in [3.05, 3.63) is 33.5 Å². The molecule has 7 nitrogen and oxygen atoms in total. The van der Waals surface area contributed by atoms with Crippen LogP contribution in [0.5, 0.6) is 0 Å². The van der Waals surface area contributed by atoms with Crippen molar-refractivity contribution in [2.75, 3.05) is 19.3 Å². The van der Waals surface area contributed by atoms with E-state index in [9.17, 15) is 14.4 Å². The first kappa shape index (κ1) is 20.4. The highest BCUT2D eigenvalue weighted by atomic mass is 32.2. The summed E-state index contributed by atoms with van der Waals surface area (Å²) >= 11 is 4.54. The Kier molecular flexibility index (Phi) is 5.67. The minimum absolute atomic E-state index is 0.00679. The molecule has 2 aromatic heterocycles. The molecular formula is C19H22N4O3S3. The first-order valence-electron chi connectivity index (χ1n) is 9.36. The number of thioether (sulfide) groups is 1. The van der Waals surface area contributed by atoms with Crippen molar-refractivity contribution in [1.82, 2.24) is 20.1 Å². The molecule has 0 aromatic carbocycles. The molecule has 2 fully saturated rings. The number of hydrogen-bond donors (Lipinski definition) is 1. The summed E-state index contributed by atoms with van der Waals surface area (Å²) in [6, 6.07) is 1.58. The van der Waals surface area contributed by atoms with Crippen LogP contribution in [-0.2, 0) is 11.3 Å². The maximum atomic E-state index is 13.1. The average molecular weight is 451 g/mol. The van der Waals surface area contributed by atoms with Crippen molar-refractivity contribution < 1.29 is 14.4 Å². The fourth-order valence-electron chi connectivity index (χ4n) is 3.97. The van der Waals surface area contributed by atoms with E-state index < -0.39 is 5.54 Å². The molecule has 4 amide bonds. The van der Waals surface area contributed by atoms with Crippen LogP contribution in [0.4, 0.5) is 4.79 Å². The number of thiazole rings is 1. The van der Waals surface area contributed by atoms with E-state index in [4.69, 9.17) is 0 Å². The van der Waals surface area contributed by atoms with Crippen LogP contribution in [0.25, 0.3) is 0 Å². The van der Waals surface area contributed by atoms with Gasteiger partial charge >= 0.3 is 6.03 Å². The molecule has 2 saturated heterocycles. The Morgan fingerprint density at radius 3 is 2.72 bits per heavy atom. The molecule has 2 aromatic rings. The normalized spacial score (nSPS) is 23.0. The number of nitrogens with one attached hydrogen (secondary N) is 1. The van der Waals surface area contributed by atoms with Gasteiger partial charge in [-0.05, 0) is 54.3 Å². The lowest BCUT2D eigenvalue weighted by atomic mass is 9.79. The van der Waals surface area contributed by atoms with Crippen LogP contribution < -0.4 is 5.32 Å². The van der Waals surface area contributed by atoms with Gasteiger partial charge in [0.15, 0.2) is 0 Å². The van der Waals surface area contributed by atoms with Gasteiger partial charge in [0.25, 0.3) is 11.8 Å². The largest absolute Gasteiger partial charge is 0.337 e. The van der Waals surface area contributed by atoms with Gasteiger partial charge in [-0.25, -0.2) is 9.78 Å². The lowest BCUT2D eigenvalue weighted by molar-refractivity contribution is -0.133. The number of hydrogen-bond acceptors (Lipinski definition) is 7. The third kappa shape index (κ3) is 3.80. The monoisotopic (exact) mass is 450 g/mol. The number of imide groups is 1. The van der Waals surface area contributed by atoms with Crippen LogP contribution in [-0.4, -0.2) is 57.5 Å². The number of nitrogens with zero attached hydrogens (tertiary/aromatic N) is 3. The predicted molar refractivity (Wildman–Crippen MR) is 114 cm³/mol. The van der Waals surface area contributed by atoms with E-state index in [0.29, 0.717) is 38.2 Å². The number of aromatic nitrogens is 1. The van der Waals surface area contributed by atoms with Gasteiger partial charge in [0.2, 0.25) is 0 Å². The molecule has 10 heteroatoms. The SMILES string of the molecule is CSc1nc(C(=O)N2CCC([C@]3(C)NC(=O)N(Cc4ccsc4)C3=O)CC2)cs1. The third-order valence-electron chi connectivity index (χ3n) is 5.70. The summed E-state index contributed by atoms with van der Waals surface area (Å²) in [5, 5.41) is 8.60. The Morgan fingerprint density at radius 1 is 1.34 bits per heavy atom. The summed E-state index contributed by atoms with van der Waals surface area (Å²) in [4.78, 5) is 45.7. The molecule has 0 radical (unpaired) electrons. The van der Waals surface area contributed by atoms with E-state index in [2.05, 4.69) is 10.3 Å². The zero-order chi connectivity index (χ0) is 20.6. The van der Waals surface area contributed by atoms with Crippen molar-refractivity contribution in [2.45, 2.75) is 36.2 Å². The molecule has 0 bridgehead atoms. The van der Waals surface area contributed by atoms with Crippen molar-refractivity contribution in [2.24, 2.45) is 5.92 Å². The molecule has 1 atom stereocenters. The molecule has 4 heterocycles. The highest BCUT2D eigenvalue weighted by Gasteiger charge is 2.52. The van der Waals surface area contributed by atoms with Gasteiger partial charge in [0.1, 0.15) is 15.6 Å². The summed E-state index contributed by atoms with van der Waals surface area (Å²) in [7, 11) is 0. The molecule has 4 rings (SSSR count). The third-order valence-corrected chi connectivity index (χ3v) is 8.29. The molecule has 0 unspecified atom stereocenters. The first-order chi connectivity index (χ1) is 13.9. The molecule has 2 aliphatic rings. The summed E-state index contributed by atoms with van der Waals surface area (Å²) in [6.07, 6.45) is 3.27. The number of thiophene rings is 1. The maximum Gasteiger partial charge on any atom is 0.325 e. The lowest BCUT2D eigenvalue weighted by Gasteiger charge is -2.38. The van der Waals surface area contributed by atoms with Crippen LogP contribution in [0, 0.1) is 5.92 Å². The fourth-order valence-corrected chi connectivity index (χ4v) is 5.87. The van der Waals surface area contributed by atoms with E-state index in [1.807, 2.05) is 30.0 Å². The molecule has 154 valence electrons. The minimum Gasteiger partial charge on any atom is -0.337 e. The van der Waals surface area contributed by atoms with Crippen LogP contribution in [0.1, 0.15) is 35.8 Å². The number of carbonyl (C=O) groups excluding carboxylic acids is 3. The smallest absolute Gasteiger partial charge is 0.325 e. The van der Waals surface area contributed by atoms with Gasteiger partial charge in [-0.3, -0.25) is 14.5 Å². The minimum atomic E-state index is -0.922. The van der Waals surface area contributed by atoms with Gasteiger partial charge in [0.05, 0.1) is 6.54 Å². The number of piperidine rings is 1. The van der Waals surface area contributed by atoms with Gasteiger partial charge < -0.3 is 10.2 Å². The second kappa shape index (κ2) is 8.08. The van der Waals surface area contributed by atoms with Crippen LogP contribution in [0.2, 0.25) is 0 Å². The average Bonchev–Trinajstić information content (AvgIpc) is 3.46. The second-order valence-electron chi connectivity index (χ2n) is 7.42. The summed E-state index contributed by atoms with van der Waals surface area (Å²) < 4.78 is 0.876. The summed E-state index contributed by atoms with van der Waals surface area (Å²) in [6.45, 7) is 3.22. The Labute approximate surface area is 181 Å². The quantitative estimate of drug-likeness (QED) is 0.558. The molecule has 0 spiro atoms. The highest BCUT2D eigenvalue weighted by Crippen LogP contribution is 2.34. The van der Waals surface area contributed by atoms with Gasteiger partial charge in [0, 0.05) is 18.5 Å². The van der Waals surface area contributed by atoms with Crippen LogP contribution in [0.3, 0.4) is 0 Å². The summed E-state index contributed by atoms with van der Waals surface area (Å²) in [5.41, 5.74) is 0.516. The van der Waals surface area contributed by atoms with Gasteiger partial charge in [-0.2, -0.15) is 11.3 Å². The van der Waals surface area contributed by atoms with Crippen molar-refractivity contribution >= 4 is 52.3 Å². The number of urea groups is 1. The van der Waals surface area contributed by atoms with Crippen molar-refractivity contribution in [3.63, 3.8) is 0 Å². The first-order valence-corrected chi connectivity index (χ1v) is 12.4. The van der Waals surface area contributed by atoms with E-state index in [-0.39, 0.29) is 23.8 Å². The summed E-state index contributed by atoms with van der Waals surface area (Å²) in [5.74, 6) is -0.249. The van der Waals surface area contributed by atoms with Crippen molar-refractivity contribution in [1.29, 1.82) is 0 Å². The Hall–Kier alpha value is -1.91. The fraction of sp³-hybridized carbons (Fsp3) is 0.474. The maximum absolute atomic E-state index is 13.1. The highest BCUT2D eigenvalue weighted by molar-refractivity contribution is 8.00. The number of amides is 4. The van der Waals surface area contributed by atoms with E-state index in [1.54, 1.807) is 21.6 Å². The van der Waals surface area contributed by atoms with E-state index in [1.165, 1.54) is 28.0 Å². The number of likely N-dealkylation sites (tertiary alicyclic amines) is 1. The number of rotatable bonds is 5. The van der Waals surface area contributed by atoms with Crippen molar-refractivity contribution in [3.8, 4) is 0 Å². The Bertz CT molecular complexity index is 921. The molecule has 29 heavy (non-hydrogen) atoms. The van der Waals surface area contributed by atoms with E-state index >= 15 is 0 Å². The second-order valence-corrected chi connectivity index (χ2v) is 10.1. The molecule has 1 N–H and O–H groups in total. The molecule has 2 aliphatic heterocycles. The number of carbonyl (C=O) groups is 3. The topological polar surface area (TPSA) is 82.6 Å². The zero-order valence-electron chi connectivity index (χ0n) is 16.2.